The maximum atomic E-state index is 12.2. The lowest BCUT2D eigenvalue weighted by Gasteiger charge is -2.28. The molecular formula is C16H19NO3. The summed E-state index contributed by atoms with van der Waals surface area (Å²) in [5.41, 5.74) is 0.904. The van der Waals surface area contributed by atoms with Crippen LogP contribution in [0.1, 0.15) is 52.8 Å². The van der Waals surface area contributed by atoms with Gasteiger partial charge < -0.3 is 5.11 Å². The Bertz CT molecular complexity index is 499. The van der Waals surface area contributed by atoms with Crippen LogP contribution < -0.4 is 0 Å². The summed E-state index contributed by atoms with van der Waals surface area (Å²) in [4.78, 5) is 25.6. The molecule has 0 radical (unpaired) electrons. The molecule has 1 heterocycles. The Labute approximate surface area is 118 Å². The zero-order valence-corrected chi connectivity index (χ0v) is 11.4. The van der Waals surface area contributed by atoms with Crippen molar-refractivity contribution in [2.75, 3.05) is 6.54 Å². The van der Waals surface area contributed by atoms with Crippen LogP contribution in [0.3, 0.4) is 0 Å². The molecule has 4 nitrogen and oxygen atoms in total. The molecule has 1 fully saturated rings. The van der Waals surface area contributed by atoms with Crippen LogP contribution in [0.4, 0.5) is 0 Å². The predicted octanol–water partition coefficient (Wildman–Crippen LogP) is 2.22. The lowest BCUT2D eigenvalue weighted by atomic mass is 9.85. The highest BCUT2D eigenvalue weighted by Crippen LogP contribution is 2.29. The molecule has 4 heteroatoms. The molecule has 1 N–H and O–H groups in total. The van der Waals surface area contributed by atoms with Gasteiger partial charge >= 0.3 is 0 Å². The first-order chi connectivity index (χ1) is 9.68. The summed E-state index contributed by atoms with van der Waals surface area (Å²) in [5, 5.41) is 10.3. The summed E-state index contributed by atoms with van der Waals surface area (Å²) < 4.78 is 0. The first-order valence-electron chi connectivity index (χ1n) is 7.32. The molecule has 2 aliphatic rings. The lowest BCUT2D eigenvalue weighted by Crippen LogP contribution is -2.40. The Hall–Kier alpha value is -1.68. The van der Waals surface area contributed by atoms with Crippen LogP contribution in [0.5, 0.6) is 0 Å². The molecular weight excluding hydrogens is 254 g/mol. The average molecular weight is 273 g/mol. The van der Waals surface area contributed by atoms with Crippen molar-refractivity contribution in [3.63, 3.8) is 0 Å². The number of carbonyl (C=O) groups is 2. The van der Waals surface area contributed by atoms with E-state index >= 15 is 0 Å². The summed E-state index contributed by atoms with van der Waals surface area (Å²) >= 11 is 0. The number of nitrogens with zero attached hydrogens (tertiary/aromatic N) is 1. The number of fused-ring (bicyclic) bond motifs is 1. The molecule has 1 saturated carbocycles. The molecule has 1 aromatic rings. The Morgan fingerprint density at radius 1 is 1.05 bits per heavy atom. The van der Waals surface area contributed by atoms with Gasteiger partial charge in [0.25, 0.3) is 11.8 Å². The van der Waals surface area contributed by atoms with E-state index in [0.717, 1.165) is 25.7 Å². The quantitative estimate of drug-likeness (QED) is 0.859. The second kappa shape index (κ2) is 5.37. The highest BCUT2D eigenvalue weighted by atomic mass is 16.3. The van der Waals surface area contributed by atoms with Crippen LogP contribution in [0.2, 0.25) is 0 Å². The fraction of sp³-hybridized carbons (Fsp3) is 0.500. The molecule has 2 amide bonds. The summed E-state index contributed by atoms with van der Waals surface area (Å²) in [6, 6.07) is 6.85. The number of hydrogen-bond acceptors (Lipinski definition) is 3. The number of aliphatic hydroxyl groups is 1. The Balaban J connectivity index is 1.73. The molecule has 1 aromatic carbocycles. The number of amides is 2. The van der Waals surface area contributed by atoms with Crippen molar-refractivity contribution in [2.45, 2.75) is 38.2 Å². The van der Waals surface area contributed by atoms with Crippen LogP contribution in [-0.4, -0.2) is 34.5 Å². The van der Waals surface area contributed by atoms with Crippen molar-refractivity contribution in [1.29, 1.82) is 0 Å². The van der Waals surface area contributed by atoms with E-state index in [0.29, 0.717) is 11.1 Å². The number of rotatable bonds is 3. The minimum Gasteiger partial charge on any atom is -0.391 e. The molecule has 0 spiro atoms. The third-order valence-electron chi connectivity index (χ3n) is 4.44. The van der Waals surface area contributed by atoms with E-state index in [1.807, 2.05) is 0 Å². The van der Waals surface area contributed by atoms with Gasteiger partial charge in [-0.15, -0.1) is 0 Å². The fourth-order valence-corrected chi connectivity index (χ4v) is 3.26. The predicted molar refractivity (Wildman–Crippen MR) is 74.4 cm³/mol. The van der Waals surface area contributed by atoms with E-state index in [2.05, 4.69) is 0 Å². The van der Waals surface area contributed by atoms with Crippen molar-refractivity contribution in [3.05, 3.63) is 35.4 Å². The van der Waals surface area contributed by atoms with Crippen LogP contribution in [0, 0.1) is 5.92 Å². The SMILES string of the molecule is O=C1c2ccccc2C(=O)N1C[C@H](O)C1CCCCC1. The molecule has 0 bridgehead atoms. The Morgan fingerprint density at radius 3 is 2.15 bits per heavy atom. The zero-order valence-electron chi connectivity index (χ0n) is 11.4. The van der Waals surface area contributed by atoms with Gasteiger partial charge in [0.15, 0.2) is 0 Å². The van der Waals surface area contributed by atoms with Gasteiger partial charge in [-0.1, -0.05) is 31.4 Å². The lowest BCUT2D eigenvalue weighted by molar-refractivity contribution is 0.0368. The minimum absolute atomic E-state index is 0.122. The van der Waals surface area contributed by atoms with E-state index in [-0.39, 0.29) is 24.3 Å². The second-order valence-corrected chi connectivity index (χ2v) is 5.73. The van der Waals surface area contributed by atoms with Gasteiger partial charge in [0.05, 0.1) is 23.8 Å². The molecule has 3 rings (SSSR count). The van der Waals surface area contributed by atoms with Crippen LogP contribution in [-0.2, 0) is 0 Å². The van der Waals surface area contributed by atoms with Gasteiger partial charge in [-0.3, -0.25) is 14.5 Å². The molecule has 0 saturated heterocycles. The number of hydrogen-bond donors (Lipinski definition) is 1. The van der Waals surface area contributed by atoms with E-state index in [1.54, 1.807) is 24.3 Å². The summed E-state index contributed by atoms with van der Waals surface area (Å²) in [7, 11) is 0. The number of β-amino-alcohol motifs (C(OH)–C–C–N with tert-alkyl or cyclic N) is 1. The fourth-order valence-electron chi connectivity index (χ4n) is 3.26. The average Bonchev–Trinajstić information content (AvgIpc) is 2.74. The summed E-state index contributed by atoms with van der Waals surface area (Å²) in [5.74, 6) is -0.339. The van der Waals surface area contributed by atoms with E-state index in [1.165, 1.54) is 11.3 Å². The topological polar surface area (TPSA) is 57.6 Å². The van der Waals surface area contributed by atoms with E-state index < -0.39 is 6.10 Å². The molecule has 0 unspecified atom stereocenters. The van der Waals surface area contributed by atoms with Gasteiger partial charge in [-0.05, 0) is 30.9 Å². The molecule has 0 aromatic heterocycles. The third-order valence-corrected chi connectivity index (χ3v) is 4.44. The van der Waals surface area contributed by atoms with Gasteiger partial charge in [-0.2, -0.15) is 0 Å². The van der Waals surface area contributed by atoms with Crippen LogP contribution in [0.15, 0.2) is 24.3 Å². The zero-order chi connectivity index (χ0) is 14.1. The first-order valence-corrected chi connectivity index (χ1v) is 7.32. The first kappa shape index (κ1) is 13.3. The van der Waals surface area contributed by atoms with Crippen LogP contribution >= 0.6 is 0 Å². The largest absolute Gasteiger partial charge is 0.391 e. The van der Waals surface area contributed by atoms with Crippen molar-refractivity contribution in [2.24, 2.45) is 5.92 Å². The molecule has 1 aliphatic heterocycles. The van der Waals surface area contributed by atoms with Crippen molar-refractivity contribution >= 4 is 11.8 Å². The normalized spacial score (nSPS) is 21.1. The highest BCUT2D eigenvalue weighted by Gasteiger charge is 2.37. The number of aliphatic hydroxyl groups excluding tert-OH is 1. The van der Waals surface area contributed by atoms with Crippen molar-refractivity contribution in [3.8, 4) is 0 Å². The molecule has 1 aliphatic carbocycles. The van der Waals surface area contributed by atoms with Gasteiger partial charge in [0.2, 0.25) is 0 Å². The summed E-state index contributed by atoms with van der Waals surface area (Å²) in [6.07, 6.45) is 4.86. The van der Waals surface area contributed by atoms with Crippen molar-refractivity contribution < 1.29 is 14.7 Å². The van der Waals surface area contributed by atoms with Gasteiger partial charge in [-0.25, -0.2) is 0 Å². The number of imide groups is 1. The molecule has 106 valence electrons. The maximum Gasteiger partial charge on any atom is 0.261 e. The van der Waals surface area contributed by atoms with Gasteiger partial charge in [0, 0.05) is 0 Å². The standard InChI is InChI=1S/C16H19NO3/c18-14(11-6-2-1-3-7-11)10-17-15(19)12-8-4-5-9-13(12)16(17)20/h4-5,8-9,11,14,18H,1-3,6-7,10H2/t14-/m0/s1. The third kappa shape index (κ3) is 2.24. The van der Waals surface area contributed by atoms with E-state index in [9.17, 15) is 14.7 Å². The van der Waals surface area contributed by atoms with Gasteiger partial charge in [0.1, 0.15) is 0 Å². The molecule has 20 heavy (non-hydrogen) atoms. The van der Waals surface area contributed by atoms with Crippen molar-refractivity contribution in [1.82, 2.24) is 4.90 Å². The Kier molecular flexibility index (Phi) is 3.57. The van der Waals surface area contributed by atoms with Crippen LogP contribution in [0.25, 0.3) is 0 Å². The molecule has 1 atom stereocenters. The summed E-state index contributed by atoms with van der Waals surface area (Å²) in [6.45, 7) is 0.122. The number of carbonyl (C=O) groups excluding carboxylic acids is 2. The minimum atomic E-state index is -0.600. The number of benzene rings is 1. The monoisotopic (exact) mass is 273 g/mol. The van der Waals surface area contributed by atoms with E-state index in [4.69, 9.17) is 0 Å². The Morgan fingerprint density at radius 2 is 1.60 bits per heavy atom. The smallest absolute Gasteiger partial charge is 0.261 e. The maximum absolute atomic E-state index is 12.2. The second-order valence-electron chi connectivity index (χ2n) is 5.73. The highest BCUT2D eigenvalue weighted by molar-refractivity contribution is 6.21.